The Balaban J connectivity index is 2.95. The summed E-state index contributed by atoms with van der Waals surface area (Å²) in [6, 6.07) is 4.05. The van der Waals surface area contributed by atoms with Crippen molar-refractivity contribution in [2.45, 2.75) is 26.8 Å². The van der Waals surface area contributed by atoms with Crippen molar-refractivity contribution in [1.29, 1.82) is 0 Å². The van der Waals surface area contributed by atoms with Crippen LogP contribution in [0, 0.1) is 5.92 Å². The lowest BCUT2D eigenvalue weighted by molar-refractivity contribution is 0.408. The van der Waals surface area contributed by atoms with Crippen LogP contribution in [0.5, 0.6) is 0 Å². The molecule has 0 aliphatic heterocycles. The van der Waals surface area contributed by atoms with E-state index < -0.39 is 0 Å². The summed E-state index contributed by atoms with van der Waals surface area (Å²) in [4.78, 5) is 9.11. The average Bonchev–Trinajstić information content (AvgIpc) is 2.33. The highest BCUT2D eigenvalue weighted by Crippen LogP contribution is 2.23. The maximum atomic E-state index is 6.06. The Hall–Kier alpha value is -1.13. The lowest BCUT2D eigenvalue weighted by Gasteiger charge is -2.29. The van der Waals surface area contributed by atoms with Gasteiger partial charge >= 0.3 is 0 Å². The van der Waals surface area contributed by atoms with E-state index in [4.69, 9.17) is 5.73 Å². The van der Waals surface area contributed by atoms with Crippen LogP contribution in [-0.4, -0.2) is 43.6 Å². The van der Waals surface area contributed by atoms with E-state index in [1.54, 1.807) is 0 Å². The van der Waals surface area contributed by atoms with Crippen molar-refractivity contribution in [2.24, 2.45) is 11.7 Å². The van der Waals surface area contributed by atoms with Crippen molar-refractivity contribution in [3.8, 4) is 0 Å². The monoisotopic (exact) mass is 264 g/mol. The van der Waals surface area contributed by atoms with E-state index in [0.29, 0.717) is 5.92 Å². The van der Waals surface area contributed by atoms with Gasteiger partial charge in [-0.15, -0.1) is 0 Å². The van der Waals surface area contributed by atoms with Gasteiger partial charge < -0.3 is 15.5 Å². The van der Waals surface area contributed by atoms with E-state index in [1.807, 2.05) is 19.2 Å². The van der Waals surface area contributed by atoms with Crippen LogP contribution in [0.4, 0.5) is 5.82 Å². The molecule has 0 amide bonds. The number of rotatable bonds is 7. The number of hydrogen-bond donors (Lipinski definition) is 1. The number of likely N-dealkylation sites (N-methyl/N-ethyl adjacent to an activating group) is 1. The molecule has 1 aromatic heterocycles. The van der Waals surface area contributed by atoms with Crippen LogP contribution in [-0.2, 0) is 0 Å². The highest BCUT2D eigenvalue weighted by molar-refractivity contribution is 5.48. The first-order valence-corrected chi connectivity index (χ1v) is 7.02. The molecule has 0 unspecified atom stereocenters. The summed E-state index contributed by atoms with van der Waals surface area (Å²) in [6.07, 6.45) is 1.85. The van der Waals surface area contributed by atoms with Crippen LogP contribution in [0.2, 0.25) is 0 Å². The summed E-state index contributed by atoms with van der Waals surface area (Å²) >= 11 is 0. The number of aromatic nitrogens is 1. The molecule has 1 heterocycles. The van der Waals surface area contributed by atoms with Gasteiger partial charge in [0.2, 0.25) is 0 Å². The van der Waals surface area contributed by atoms with E-state index in [9.17, 15) is 0 Å². The molecule has 0 aliphatic rings. The molecule has 4 nitrogen and oxygen atoms in total. The van der Waals surface area contributed by atoms with Gasteiger partial charge in [0.1, 0.15) is 5.82 Å². The van der Waals surface area contributed by atoms with E-state index in [2.05, 4.69) is 48.8 Å². The zero-order valence-corrected chi connectivity index (χ0v) is 12.9. The molecular weight excluding hydrogens is 236 g/mol. The average molecular weight is 264 g/mol. The van der Waals surface area contributed by atoms with Crippen LogP contribution in [0.3, 0.4) is 0 Å². The van der Waals surface area contributed by atoms with Gasteiger partial charge in [0.15, 0.2) is 0 Å². The van der Waals surface area contributed by atoms with Gasteiger partial charge in [0.25, 0.3) is 0 Å². The molecular formula is C15H28N4. The van der Waals surface area contributed by atoms with Gasteiger partial charge in [-0.3, -0.25) is 0 Å². The number of pyridine rings is 1. The predicted molar refractivity (Wildman–Crippen MR) is 82.4 cm³/mol. The molecule has 2 N–H and O–H groups in total. The maximum absolute atomic E-state index is 6.06. The Morgan fingerprint density at radius 3 is 2.42 bits per heavy atom. The maximum Gasteiger partial charge on any atom is 0.133 e. The van der Waals surface area contributed by atoms with Crippen LogP contribution >= 0.6 is 0 Å². The zero-order valence-electron chi connectivity index (χ0n) is 12.9. The third kappa shape index (κ3) is 5.17. The number of anilines is 1. The normalized spacial score (nSPS) is 13.1. The third-order valence-electron chi connectivity index (χ3n) is 3.01. The molecule has 0 radical (unpaired) electrons. The molecule has 0 saturated carbocycles. The second-order valence-corrected chi connectivity index (χ2v) is 5.85. The number of nitrogens with two attached hydrogens (primary N) is 1. The minimum absolute atomic E-state index is 0.0118. The van der Waals surface area contributed by atoms with Crippen molar-refractivity contribution < 1.29 is 0 Å². The summed E-state index contributed by atoms with van der Waals surface area (Å²) in [6.45, 7) is 9.47. The zero-order chi connectivity index (χ0) is 14.4. The molecule has 0 spiro atoms. The van der Waals surface area contributed by atoms with Gasteiger partial charge in [0, 0.05) is 37.4 Å². The Labute approximate surface area is 117 Å². The fourth-order valence-corrected chi connectivity index (χ4v) is 2.07. The minimum Gasteiger partial charge on any atom is -0.355 e. The van der Waals surface area contributed by atoms with E-state index in [0.717, 1.165) is 31.0 Å². The summed E-state index contributed by atoms with van der Waals surface area (Å²) in [5.74, 6) is 1.64. The standard InChI is InChI=1S/C15H28N4/c1-12(2)11-19(10-9-18(4)5)15-14(13(3)16)7-6-8-17-15/h6-8,12-13H,9-11,16H2,1-5H3/t13-/m1/s1. The third-order valence-corrected chi connectivity index (χ3v) is 3.01. The van der Waals surface area contributed by atoms with E-state index >= 15 is 0 Å². The number of hydrogen-bond acceptors (Lipinski definition) is 4. The first kappa shape index (κ1) is 15.9. The molecule has 0 fully saturated rings. The van der Waals surface area contributed by atoms with Gasteiger partial charge in [-0.25, -0.2) is 4.98 Å². The van der Waals surface area contributed by atoms with Gasteiger partial charge in [0.05, 0.1) is 0 Å². The highest BCUT2D eigenvalue weighted by Gasteiger charge is 2.16. The largest absolute Gasteiger partial charge is 0.355 e. The van der Waals surface area contributed by atoms with Crippen molar-refractivity contribution in [3.05, 3.63) is 23.9 Å². The van der Waals surface area contributed by atoms with Crippen molar-refractivity contribution in [1.82, 2.24) is 9.88 Å². The molecule has 0 saturated heterocycles. The summed E-state index contributed by atoms with van der Waals surface area (Å²) in [5, 5.41) is 0. The Bertz CT molecular complexity index is 374. The minimum atomic E-state index is 0.0118. The molecule has 1 aromatic rings. The topological polar surface area (TPSA) is 45.4 Å². The van der Waals surface area contributed by atoms with Crippen molar-refractivity contribution in [3.63, 3.8) is 0 Å². The molecule has 0 bridgehead atoms. The van der Waals surface area contributed by atoms with Gasteiger partial charge in [-0.05, 0) is 33.0 Å². The second kappa shape index (κ2) is 7.46. The van der Waals surface area contributed by atoms with E-state index in [-0.39, 0.29) is 6.04 Å². The SMILES string of the molecule is CC(C)CN(CCN(C)C)c1ncccc1[C@@H](C)N. The lowest BCUT2D eigenvalue weighted by atomic mass is 10.1. The predicted octanol–water partition coefficient (Wildman–Crippen LogP) is 2.13. The van der Waals surface area contributed by atoms with E-state index in [1.165, 1.54) is 0 Å². The van der Waals surface area contributed by atoms with Crippen LogP contribution in [0.1, 0.15) is 32.4 Å². The Morgan fingerprint density at radius 2 is 1.89 bits per heavy atom. The lowest BCUT2D eigenvalue weighted by Crippen LogP contribution is -2.36. The Kier molecular flexibility index (Phi) is 6.25. The summed E-state index contributed by atoms with van der Waals surface area (Å²) < 4.78 is 0. The van der Waals surface area contributed by atoms with Crippen LogP contribution in [0.25, 0.3) is 0 Å². The van der Waals surface area contributed by atoms with Gasteiger partial charge in [-0.1, -0.05) is 19.9 Å². The second-order valence-electron chi connectivity index (χ2n) is 5.85. The first-order valence-electron chi connectivity index (χ1n) is 7.02. The van der Waals surface area contributed by atoms with Gasteiger partial charge in [-0.2, -0.15) is 0 Å². The molecule has 1 atom stereocenters. The summed E-state index contributed by atoms with van der Waals surface area (Å²) in [5.41, 5.74) is 7.19. The molecule has 1 rings (SSSR count). The smallest absolute Gasteiger partial charge is 0.133 e. The van der Waals surface area contributed by atoms with Crippen molar-refractivity contribution in [2.75, 3.05) is 38.6 Å². The fourth-order valence-electron chi connectivity index (χ4n) is 2.07. The molecule has 0 aromatic carbocycles. The Morgan fingerprint density at radius 1 is 1.21 bits per heavy atom. The summed E-state index contributed by atoms with van der Waals surface area (Å²) in [7, 11) is 4.19. The highest BCUT2D eigenvalue weighted by atomic mass is 15.2. The van der Waals surface area contributed by atoms with Crippen LogP contribution in [0.15, 0.2) is 18.3 Å². The molecule has 0 aliphatic carbocycles. The first-order chi connectivity index (χ1) is 8.91. The molecule has 19 heavy (non-hydrogen) atoms. The fraction of sp³-hybridized carbons (Fsp3) is 0.667. The van der Waals surface area contributed by atoms with Crippen molar-refractivity contribution >= 4 is 5.82 Å². The molecule has 108 valence electrons. The number of nitrogens with zero attached hydrogens (tertiary/aromatic N) is 3. The quantitative estimate of drug-likeness (QED) is 0.819. The van der Waals surface area contributed by atoms with Crippen LogP contribution < -0.4 is 10.6 Å². The molecule has 4 heteroatoms.